The Hall–Kier alpha value is -1.54. The molecule has 5 heteroatoms. The van der Waals surface area contributed by atoms with Crippen molar-refractivity contribution in [2.24, 2.45) is 0 Å². The zero-order valence-electron chi connectivity index (χ0n) is 9.83. The van der Waals surface area contributed by atoms with Gasteiger partial charge in [0.05, 0.1) is 11.3 Å². The van der Waals surface area contributed by atoms with Crippen molar-refractivity contribution < 1.29 is 4.79 Å². The maximum absolute atomic E-state index is 11.2. The largest absolute Gasteiger partial charge is 0.373 e. The van der Waals surface area contributed by atoms with Crippen LogP contribution in [0.3, 0.4) is 0 Å². The molecule has 1 aromatic rings. The molecule has 0 saturated heterocycles. The highest BCUT2D eigenvalue weighted by Crippen LogP contribution is 2.26. The zero-order chi connectivity index (χ0) is 12.8. The summed E-state index contributed by atoms with van der Waals surface area (Å²) in [6.07, 6.45) is 0.407. The fraction of sp³-hybridized carbons (Fsp3) is 0.333. The molecule has 0 bridgehead atoms. The lowest BCUT2D eigenvalue weighted by Gasteiger charge is -2.20. The summed E-state index contributed by atoms with van der Waals surface area (Å²) < 4.78 is 0.768. The molecule has 0 unspecified atom stereocenters. The van der Waals surface area contributed by atoms with Gasteiger partial charge in [0.2, 0.25) is 5.91 Å². The predicted molar refractivity (Wildman–Crippen MR) is 70.8 cm³/mol. The molecule has 0 saturated carbocycles. The van der Waals surface area contributed by atoms with E-state index in [1.165, 1.54) is 0 Å². The number of carbonyl (C=O) groups is 1. The quantitative estimate of drug-likeness (QED) is 0.923. The smallest absolute Gasteiger partial charge is 0.221 e. The number of nitrogens with zero attached hydrogens (tertiary/aromatic N) is 2. The van der Waals surface area contributed by atoms with Gasteiger partial charge in [-0.15, -0.1) is 0 Å². The molecule has 4 nitrogen and oxygen atoms in total. The molecule has 0 radical (unpaired) electrons. The number of halogens is 1. The molecule has 0 atom stereocenters. The summed E-state index contributed by atoms with van der Waals surface area (Å²) in [5, 5.41) is 11.7. The average Bonchev–Trinajstić information content (AvgIpc) is 2.35. The predicted octanol–water partition coefficient (Wildman–Crippen LogP) is 1.89. The van der Waals surface area contributed by atoms with Gasteiger partial charge < -0.3 is 10.2 Å². The number of hydrogen-bond donors (Lipinski definition) is 1. The summed E-state index contributed by atoms with van der Waals surface area (Å²) >= 11 is 3.34. The van der Waals surface area contributed by atoms with Gasteiger partial charge in [0.1, 0.15) is 6.07 Å². The molecular formula is C12H14BrN3O. The van der Waals surface area contributed by atoms with Crippen LogP contribution in [0.1, 0.15) is 12.0 Å². The lowest BCUT2D eigenvalue weighted by atomic mass is 10.2. The van der Waals surface area contributed by atoms with Crippen LogP contribution in [-0.2, 0) is 4.79 Å². The van der Waals surface area contributed by atoms with E-state index in [0.717, 1.165) is 10.2 Å². The Kier molecular flexibility index (Phi) is 4.98. The standard InChI is InChI=1S/C12H14BrN3O/c1-15-12(17)6-7-16(2)11-5-3-4-10(13)9(11)8-14/h3-5H,6-7H2,1-2H3,(H,15,17). The van der Waals surface area contributed by atoms with Crippen LogP contribution in [-0.4, -0.2) is 26.5 Å². The van der Waals surface area contributed by atoms with Crippen molar-refractivity contribution in [2.75, 3.05) is 25.5 Å². The molecule has 0 heterocycles. The van der Waals surface area contributed by atoms with Crippen LogP contribution in [0.2, 0.25) is 0 Å². The van der Waals surface area contributed by atoms with Crippen molar-refractivity contribution in [3.8, 4) is 6.07 Å². The SMILES string of the molecule is CNC(=O)CCN(C)c1cccc(Br)c1C#N. The highest BCUT2D eigenvalue weighted by Gasteiger charge is 2.10. The van der Waals surface area contributed by atoms with E-state index < -0.39 is 0 Å². The molecule has 1 aromatic carbocycles. The fourth-order valence-electron chi connectivity index (χ4n) is 1.46. The van der Waals surface area contributed by atoms with Crippen molar-refractivity contribution >= 4 is 27.5 Å². The monoisotopic (exact) mass is 295 g/mol. The Morgan fingerprint density at radius 2 is 2.29 bits per heavy atom. The van der Waals surface area contributed by atoms with Crippen molar-refractivity contribution in [2.45, 2.75) is 6.42 Å². The van der Waals surface area contributed by atoms with Crippen molar-refractivity contribution in [3.05, 3.63) is 28.2 Å². The normalized spacial score (nSPS) is 9.53. The second-order valence-electron chi connectivity index (χ2n) is 3.59. The first kappa shape index (κ1) is 13.5. The van der Waals surface area contributed by atoms with Gasteiger partial charge in [-0.1, -0.05) is 6.07 Å². The maximum atomic E-state index is 11.2. The third-order valence-electron chi connectivity index (χ3n) is 2.47. The Balaban J connectivity index is 2.82. The number of anilines is 1. The summed E-state index contributed by atoms with van der Waals surface area (Å²) in [6, 6.07) is 7.73. The van der Waals surface area contributed by atoms with Gasteiger partial charge in [-0.3, -0.25) is 4.79 Å². The van der Waals surface area contributed by atoms with E-state index in [4.69, 9.17) is 5.26 Å². The minimum absolute atomic E-state index is 0.00893. The van der Waals surface area contributed by atoms with E-state index in [1.807, 2.05) is 30.1 Å². The topological polar surface area (TPSA) is 56.1 Å². The first-order valence-electron chi connectivity index (χ1n) is 5.20. The van der Waals surface area contributed by atoms with Crippen molar-refractivity contribution in [1.29, 1.82) is 5.26 Å². The molecule has 1 amide bonds. The van der Waals surface area contributed by atoms with Gasteiger partial charge in [-0.05, 0) is 28.1 Å². The highest BCUT2D eigenvalue weighted by atomic mass is 79.9. The molecule has 0 aliphatic carbocycles. The minimum Gasteiger partial charge on any atom is -0.373 e. The molecule has 0 aliphatic heterocycles. The zero-order valence-corrected chi connectivity index (χ0v) is 11.4. The molecule has 0 fully saturated rings. The molecule has 0 aliphatic rings. The molecular weight excluding hydrogens is 282 g/mol. The fourth-order valence-corrected chi connectivity index (χ4v) is 1.90. The second-order valence-corrected chi connectivity index (χ2v) is 4.44. The third-order valence-corrected chi connectivity index (χ3v) is 3.13. The van der Waals surface area contributed by atoms with Crippen LogP contribution < -0.4 is 10.2 Å². The molecule has 90 valence electrons. The van der Waals surface area contributed by atoms with Crippen LogP contribution >= 0.6 is 15.9 Å². The van der Waals surface area contributed by atoms with Crippen LogP contribution in [0, 0.1) is 11.3 Å². The Bertz CT molecular complexity index is 454. The maximum Gasteiger partial charge on any atom is 0.221 e. The van der Waals surface area contributed by atoms with Gasteiger partial charge >= 0.3 is 0 Å². The van der Waals surface area contributed by atoms with Gasteiger partial charge in [0.25, 0.3) is 0 Å². The summed E-state index contributed by atoms with van der Waals surface area (Å²) in [5.41, 5.74) is 1.41. The van der Waals surface area contributed by atoms with E-state index in [0.29, 0.717) is 18.5 Å². The summed E-state index contributed by atoms with van der Waals surface area (Å²) in [6.45, 7) is 0.574. The van der Waals surface area contributed by atoms with E-state index in [2.05, 4.69) is 27.3 Å². The first-order chi connectivity index (χ1) is 8.10. The summed E-state index contributed by atoms with van der Waals surface area (Å²) in [4.78, 5) is 13.1. The minimum atomic E-state index is -0.00893. The van der Waals surface area contributed by atoms with Gasteiger partial charge in [0, 0.05) is 31.5 Å². The van der Waals surface area contributed by atoms with E-state index in [1.54, 1.807) is 7.05 Å². The van der Waals surface area contributed by atoms with Gasteiger partial charge in [0.15, 0.2) is 0 Å². The molecule has 0 aromatic heterocycles. The number of nitriles is 1. The number of rotatable bonds is 4. The van der Waals surface area contributed by atoms with E-state index >= 15 is 0 Å². The molecule has 1 N–H and O–H groups in total. The lowest BCUT2D eigenvalue weighted by molar-refractivity contribution is -0.120. The summed E-state index contributed by atoms with van der Waals surface area (Å²) in [7, 11) is 3.48. The highest BCUT2D eigenvalue weighted by molar-refractivity contribution is 9.10. The molecule has 17 heavy (non-hydrogen) atoms. The molecule has 0 spiro atoms. The van der Waals surface area contributed by atoms with Crippen LogP contribution in [0.4, 0.5) is 5.69 Å². The number of amides is 1. The van der Waals surface area contributed by atoms with Crippen LogP contribution in [0.5, 0.6) is 0 Å². The Morgan fingerprint density at radius 1 is 1.59 bits per heavy atom. The van der Waals surface area contributed by atoms with Crippen molar-refractivity contribution in [3.63, 3.8) is 0 Å². The van der Waals surface area contributed by atoms with Crippen molar-refractivity contribution in [1.82, 2.24) is 5.32 Å². The molecule has 1 rings (SSSR count). The second kappa shape index (κ2) is 6.26. The van der Waals surface area contributed by atoms with Crippen LogP contribution in [0.15, 0.2) is 22.7 Å². The van der Waals surface area contributed by atoms with Gasteiger partial charge in [-0.2, -0.15) is 5.26 Å². The van der Waals surface area contributed by atoms with Gasteiger partial charge in [-0.25, -0.2) is 0 Å². The van der Waals surface area contributed by atoms with E-state index in [9.17, 15) is 4.79 Å². The lowest BCUT2D eigenvalue weighted by Crippen LogP contribution is -2.26. The first-order valence-corrected chi connectivity index (χ1v) is 5.99. The Labute approximate surface area is 109 Å². The number of hydrogen-bond acceptors (Lipinski definition) is 3. The number of carbonyl (C=O) groups excluding carboxylic acids is 1. The number of benzene rings is 1. The Morgan fingerprint density at radius 3 is 2.88 bits per heavy atom. The third kappa shape index (κ3) is 3.46. The average molecular weight is 296 g/mol. The van der Waals surface area contributed by atoms with E-state index in [-0.39, 0.29) is 5.91 Å². The summed E-state index contributed by atoms with van der Waals surface area (Å²) in [5.74, 6) is -0.00893. The van der Waals surface area contributed by atoms with Crippen LogP contribution in [0.25, 0.3) is 0 Å². The number of nitrogens with one attached hydrogen (secondary N) is 1.